The van der Waals surface area contributed by atoms with Crippen LogP contribution in [-0.4, -0.2) is 77.1 Å². The van der Waals surface area contributed by atoms with Crippen molar-refractivity contribution in [1.29, 1.82) is 0 Å². The Morgan fingerprint density at radius 2 is 1.31 bits per heavy atom. The Balaban J connectivity index is 1.79. The van der Waals surface area contributed by atoms with Crippen LogP contribution in [0, 0.1) is 0 Å². The molecule has 3 aromatic rings. The Bertz CT molecular complexity index is 1350. The molecule has 0 saturated carbocycles. The van der Waals surface area contributed by atoms with Crippen LogP contribution < -0.4 is 32.7 Å². The number of rotatable bonds is 19. The quantitative estimate of drug-likeness (QED) is 0.0696. The summed E-state index contributed by atoms with van der Waals surface area (Å²) in [6.45, 7) is 0.0698. The maximum atomic E-state index is 13.7. The van der Waals surface area contributed by atoms with Crippen LogP contribution in [0.3, 0.4) is 0 Å². The number of amides is 4. The topological polar surface area (TPSA) is 214 Å². The number of nitrogens with two attached hydrogens (primary N) is 2. The largest absolute Gasteiger partial charge is 0.348 e. The van der Waals surface area contributed by atoms with Crippen molar-refractivity contribution in [3.63, 3.8) is 0 Å². The van der Waals surface area contributed by atoms with Crippen LogP contribution in [0.25, 0.3) is 0 Å². The third kappa shape index (κ3) is 12.0. The fraction of sp³-hybridized carbons (Fsp3) is 0.375. The van der Waals surface area contributed by atoms with Crippen LogP contribution in [0.4, 0.5) is 0 Å². The number of unbranched alkanes of at least 4 members (excludes halogenated alkanes) is 1. The number of nitrogens with one attached hydrogen (secondary N) is 5. The molecule has 13 nitrogen and oxygen atoms in total. The molecule has 1 aromatic heterocycles. The average molecular weight is 619 g/mol. The van der Waals surface area contributed by atoms with Crippen molar-refractivity contribution >= 4 is 29.9 Å². The molecule has 0 aliphatic heterocycles. The first-order valence-electron chi connectivity index (χ1n) is 14.9. The number of aromatic nitrogens is 2. The van der Waals surface area contributed by atoms with Gasteiger partial charge in [-0.25, -0.2) is 4.98 Å². The monoisotopic (exact) mass is 618 g/mol. The van der Waals surface area contributed by atoms with E-state index in [1.54, 1.807) is 0 Å². The van der Waals surface area contributed by atoms with E-state index in [1.165, 1.54) is 12.5 Å². The average Bonchev–Trinajstić information content (AvgIpc) is 3.57. The predicted molar refractivity (Wildman–Crippen MR) is 168 cm³/mol. The van der Waals surface area contributed by atoms with E-state index in [1.807, 2.05) is 60.7 Å². The van der Waals surface area contributed by atoms with Crippen LogP contribution in [0.5, 0.6) is 0 Å². The van der Waals surface area contributed by atoms with E-state index >= 15 is 0 Å². The summed E-state index contributed by atoms with van der Waals surface area (Å²) in [4.78, 5) is 71.5. The molecule has 0 aliphatic rings. The normalized spacial score (nSPS) is 13.5. The molecule has 4 amide bonds. The smallest absolute Gasteiger partial charge is 0.243 e. The molecular formula is C32H42N8O5. The number of aldehydes is 1. The Hall–Kier alpha value is -4.88. The summed E-state index contributed by atoms with van der Waals surface area (Å²) in [5.74, 6) is -2.28. The molecule has 4 atom stereocenters. The van der Waals surface area contributed by atoms with E-state index in [0.717, 1.165) is 11.1 Å². The molecule has 13 heteroatoms. The van der Waals surface area contributed by atoms with Crippen molar-refractivity contribution < 1.29 is 24.0 Å². The number of carbonyl (C=O) groups is 5. The molecule has 0 spiro atoms. The highest BCUT2D eigenvalue weighted by Gasteiger charge is 2.30. The van der Waals surface area contributed by atoms with Crippen molar-refractivity contribution in [2.24, 2.45) is 11.5 Å². The Morgan fingerprint density at radius 3 is 1.89 bits per heavy atom. The van der Waals surface area contributed by atoms with Gasteiger partial charge in [-0.2, -0.15) is 0 Å². The third-order valence-corrected chi connectivity index (χ3v) is 7.10. The number of carbonyl (C=O) groups excluding carboxylic acids is 5. The number of imidazole rings is 1. The number of aromatic amines is 1. The maximum Gasteiger partial charge on any atom is 0.243 e. The summed E-state index contributed by atoms with van der Waals surface area (Å²) in [5.41, 5.74) is 13.4. The molecule has 0 unspecified atom stereocenters. The molecule has 0 saturated heterocycles. The van der Waals surface area contributed by atoms with Gasteiger partial charge in [-0.05, 0) is 43.4 Å². The number of hydrogen-bond acceptors (Lipinski definition) is 8. The minimum absolute atomic E-state index is 0.0856. The molecule has 9 N–H and O–H groups in total. The Labute approximate surface area is 262 Å². The van der Waals surface area contributed by atoms with E-state index in [-0.39, 0.29) is 32.2 Å². The van der Waals surface area contributed by atoms with Gasteiger partial charge >= 0.3 is 0 Å². The minimum Gasteiger partial charge on any atom is -0.348 e. The third-order valence-electron chi connectivity index (χ3n) is 7.10. The van der Waals surface area contributed by atoms with Gasteiger partial charge in [0.05, 0.1) is 18.9 Å². The van der Waals surface area contributed by atoms with Crippen molar-refractivity contribution in [2.75, 3.05) is 13.1 Å². The molecule has 45 heavy (non-hydrogen) atoms. The number of hydrogen-bond donors (Lipinski definition) is 7. The fourth-order valence-electron chi connectivity index (χ4n) is 4.73. The Kier molecular flexibility index (Phi) is 14.4. The minimum atomic E-state index is -1.05. The van der Waals surface area contributed by atoms with Gasteiger partial charge in [0.15, 0.2) is 0 Å². The van der Waals surface area contributed by atoms with Gasteiger partial charge in [0.1, 0.15) is 24.4 Å². The lowest BCUT2D eigenvalue weighted by molar-refractivity contribution is -0.134. The summed E-state index contributed by atoms with van der Waals surface area (Å²) in [7, 11) is 0. The summed E-state index contributed by atoms with van der Waals surface area (Å²) in [5, 5.41) is 10.9. The molecule has 2 aromatic carbocycles. The van der Waals surface area contributed by atoms with Crippen molar-refractivity contribution in [2.45, 2.75) is 62.7 Å². The Morgan fingerprint density at radius 1 is 0.733 bits per heavy atom. The number of benzene rings is 2. The molecule has 0 aliphatic carbocycles. The summed E-state index contributed by atoms with van der Waals surface area (Å²) >= 11 is 0. The SMILES string of the molecule is NCCCC[C@H](NC(=O)[C@H](Cc1cnc[nH]1)NC(=O)CN)C(=O)N[C@@H](Cc1ccccc1)C(=O)N[C@H](C=O)Cc1ccccc1. The first kappa shape index (κ1) is 34.6. The lowest BCUT2D eigenvalue weighted by Crippen LogP contribution is -2.58. The van der Waals surface area contributed by atoms with Gasteiger partial charge in [-0.3, -0.25) is 19.2 Å². The fourth-order valence-corrected chi connectivity index (χ4v) is 4.73. The second-order valence-electron chi connectivity index (χ2n) is 10.6. The van der Waals surface area contributed by atoms with Crippen molar-refractivity contribution in [1.82, 2.24) is 31.2 Å². The van der Waals surface area contributed by atoms with Crippen LogP contribution in [0.2, 0.25) is 0 Å². The van der Waals surface area contributed by atoms with Gasteiger partial charge in [0, 0.05) is 24.7 Å². The molecular weight excluding hydrogens is 576 g/mol. The van der Waals surface area contributed by atoms with Crippen LogP contribution >= 0.6 is 0 Å². The highest BCUT2D eigenvalue weighted by atomic mass is 16.2. The predicted octanol–water partition coefficient (Wildman–Crippen LogP) is -0.337. The first-order chi connectivity index (χ1) is 21.8. The number of nitrogens with zero attached hydrogens (tertiary/aromatic N) is 1. The highest BCUT2D eigenvalue weighted by molar-refractivity contribution is 5.95. The zero-order valence-electron chi connectivity index (χ0n) is 25.1. The summed E-state index contributed by atoms with van der Waals surface area (Å²) in [6, 6.07) is 14.4. The van der Waals surface area contributed by atoms with Gasteiger partial charge in [0.2, 0.25) is 23.6 Å². The molecule has 3 rings (SSSR count). The number of H-pyrrole nitrogens is 1. The van der Waals surface area contributed by atoms with Crippen molar-refractivity contribution in [3.8, 4) is 0 Å². The van der Waals surface area contributed by atoms with Gasteiger partial charge < -0.3 is 42.5 Å². The summed E-state index contributed by atoms with van der Waals surface area (Å²) in [6.07, 6.45) is 5.52. The van der Waals surface area contributed by atoms with E-state index < -0.39 is 47.8 Å². The molecule has 240 valence electrons. The summed E-state index contributed by atoms with van der Waals surface area (Å²) < 4.78 is 0. The van der Waals surface area contributed by atoms with Gasteiger partial charge in [-0.15, -0.1) is 0 Å². The van der Waals surface area contributed by atoms with Crippen LogP contribution in [-0.2, 0) is 43.2 Å². The lowest BCUT2D eigenvalue weighted by atomic mass is 10.0. The zero-order chi connectivity index (χ0) is 32.4. The lowest BCUT2D eigenvalue weighted by Gasteiger charge is -2.26. The van der Waals surface area contributed by atoms with E-state index in [2.05, 4.69) is 31.2 Å². The maximum absolute atomic E-state index is 13.7. The van der Waals surface area contributed by atoms with E-state index in [9.17, 15) is 24.0 Å². The molecule has 0 fully saturated rings. The van der Waals surface area contributed by atoms with E-state index in [4.69, 9.17) is 11.5 Å². The standard InChI is InChI=1S/C32H42N8O5/c33-14-8-7-13-26(39-32(45)28(38-29(42)18-34)17-24-19-35-21-36-24)30(43)40-27(16-23-11-5-2-6-12-23)31(44)37-25(20-41)15-22-9-3-1-4-10-22/h1-6,9-12,19-21,25-28H,7-8,13-18,33-34H2,(H,35,36)(H,37,44)(H,38,42)(H,39,45)(H,40,43)/t25-,26-,27-,28-/m0/s1. The molecule has 1 heterocycles. The van der Waals surface area contributed by atoms with Gasteiger partial charge in [0.25, 0.3) is 0 Å². The first-order valence-corrected chi connectivity index (χ1v) is 14.9. The van der Waals surface area contributed by atoms with Gasteiger partial charge in [-0.1, -0.05) is 60.7 Å². The van der Waals surface area contributed by atoms with E-state index in [0.29, 0.717) is 31.4 Å². The molecule has 0 radical (unpaired) electrons. The molecule has 0 bridgehead atoms. The second-order valence-corrected chi connectivity index (χ2v) is 10.6. The zero-order valence-corrected chi connectivity index (χ0v) is 25.1. The van der Waals surface area contributed by atoms with Crippen LogP contribution in [0.1, 0.15) is 36.1 Å². The highest BCUT2D eigenvalue weighted by Crippen LogP contribution is 2.09. The second kappa shape index (κ2) is 18.7. The van der Waals surface area contributed by atoms with Crippen molar-refractivity contribution in [3.05, 3.63) is 90.0 Å². The van der Waals surface area contributed by atoms with Crippen LogP contribution in [0.15, 0.2) is 73.2 Å².